The van der Waals surface area contributed by atoms with Gasteiger partial charge in [0.2, 0.25) is 5.91 Å². The normalized spacial score (nSPS) is 28.5. The molecule has 0 aromatic carbocycles. The molecule has 1 atom stereocenters. The minimum atomic E-state index is -0.0416. The summed E-state index contributed by atoms with van der Waals surface area (Å²) in [6.45, 7) is 1.93. The first-order valence-corrected chi connectivity index (χ1v) is 9.79. The topological polar surface area (TPSA) is 82.5 Å². The van der Waals surface area contributed by atoms with Gasteiger partial charge in [0.1, 0.15) is 0 Å². The maximum absolute atomic E-state index is 12.4. The highest BCUT2D eigenvalue weighted by Crippen LogP contribution is 2.28. The molecule has 2 aliphatic heterocycles. The van der Waals surface area contributed by atoms with Crippen LogP contribution in [-0.2, 0) is 27.3 Å². The van der Waals surface area contributed by atoms with Crippen molar-refractivity contribution in [3.63, 3.8) is 0 Å². The van der Waals surface area contributed by atoms with Crippen LogP contribution in [0.25, 0.3) is 0 Å². The number of rotatable bonds is 4. The van der Waals surface area contributed by atoms with Crippen molar-refractivity contribution in [2.75, 3.05) is 13.2 Å². The van der Waals surface area contributed by atoms with Gasteiger partial charge in [-0.05, 0) is 38.5 Å². The predicted octanol–water partition coefficient (Wildman–Crippen LogP) is 1.48. The molecule has 1 N–H and O–H groups in total. The fraction of sp³-hybridized carbons (Fsp3) is 0.737. The highest BCUT2D eigenvalue weighted by atomic mass is 16.5. The van der Waals surface area contributed by atoms with Gasteiger partial charge in [-0.15, -0.1) is 0 Å². The summed E-state index contributed by atoms with van der Waals surface area (Å²) in [6.07, 6.45) is 6.87. The number of hydrogen-bond acceptors (Lipinski definition) is 5. The van der Waals surface area contributed by atoms with Crippen LogP contribution < -0.4 is 10.9 Å². The molecule has 1 aromatic rings. The zero-order chi connectivity index (χ0) is 17.9. The first-order valence-electron chi connectivity index (χ1n) is 9.79. The maximum atomic E-state index is 12.4. The van der Waals surface area contributed by atoms with Crippen molar-refractivity contribution < 1.29 is 14.3 Å². The van der Waals surface area contributed by atoms with Gasteiger partial charge in [-0.2, -0.15) is 5.10 Å². The Balaban J connectivity index is 1.32. The molecular formula is C19H27N3O4. The summed E-state index contributed by atoms with van der Waals surface area (Å²) in [5.74, 6) is 0.0874. The average Bonchev–Trinajstić information content (AvgIpc) is 3.15. The minimum absolute atomic E-state index is 0.0416. The van der Waals surface area contributed by atoms with Crippen molar-refractivity contribution in [3.8, 4) is 0 Å². The molecule has 1 saturated heterocycles. The Morgan fingerprint density at radius 2 is 2.08 bits per heavy atom. The summed E-state index contributed by atoms with van der Waals surface area (Å²) in [6, 6.07) is 2.00. The monoisotopic (exact) mass is 361 g/mol. The van der Waals surface area contributed by atoms with Gasteiger partial charge in [0.15, 0.2) is 0 Å². The number of amides is 1. The molecule has 0 spiro atoms. The van der Waals surface area contributed by atoms with Gasteiger partial charge in [0, 0.05) is 30.7 Å². The number of carbonyl (C=O) groups excluding carboxylic acids is 1. The molecule has 3 aliphatic rings. The Kier molecular flexibility index (Phi) is 5.36. The standard InChI is InChI=1S/C19H27N3O4/c23-18(11-16-2-1-8-26-16)20-14-3-5-15(6-4-14)22-19(24)10-13-12-25-9-7-17(13)21-22/h10,14-16H,1-9,11-12H2,(H,20,23). The van der Waals surface area contributed by atoms with Crippen LogP contribution in [0.2, 0.25) is 0 Å². The lowest BCUT2D eigenvalue weighted by Gasteiger charge is -2.30. The van der Waals surface area contributed by atoms with E-state index >= 15 is 0 Å². The van der Waals surface area contributed by atoms with E-state index in [0.29, 0.717) is 19.6 Å². The van der Waals surface area contributed by atoms with Gasteiger partial charge in [0.25, 0.3) is 5.56 Å². The second kappa shape index (κ2) is 7.88. The van der Waals surface area contributed by atoms with Gasteiger partial charge in [-0.3, -0.25) is 9.59 Å². The Hall–Kier alpha value is -1.73. The van der Waals surface area contributed by atoms with Crippen LogP contribution >= 0.6 is 0 Å². The minimum Gasteiger partial charge on any atom is -0.378 e. The second-order valence-corrected chi connectivity index (χ2v) is 7.61. The van der Waals surface area contributed by atoms with E-state index in [9.17, 15) is 9.59 Å². The molecule has 7 heteroatoms. The van der Waals surface area contributed by atoms with E-state index in [2.05, 4.69) is 10.4 Å². The van der Waals surface area contributed by atoms with Gasteiger partial charge >= 0.3 is 0 Å². The molecule has 2 fully saturated rings. The van der Waals surface area contributed by atoms with E-state index in [4.69, 9.17) is 9.47 Å². The average molecular weight is 361 g/mol. The van der Waals surface area contributed by atoms with Gasteiger partial charge < -0.3 is 14.8 Å². The lowest BCUT2D eigenvalue weighted by Crippen LogP contribution is -2.40. The molecule has 1 aliphatic carbocycles. The van der Waals surface area contributed by atoms with Crippen LogP contribution in [0.5, 0.6) is 0 Å². The fourth-order valence-corrected chi connectivity index (χ4v) is 4.25. The number of aromatic nitrogens is 2. The summed E-state index contributed by atoms with van der Waals surface area (Å²) in [5.41, 5.74) is 1.87. The molecule has 7 nitrogen and oxygen atoms in total. The number of ether oxygens (including phenoxy) is 2. The molecule has 1 aromatic heterocycles. The van der Waals surface area contributed by atoms with Crippen molar-refractivity contribution >= 4 is 5.91 Å². The van der Waals surface area contributed by atoms with E-state index in [-0.39, 0.29) is 29.7 Å². The van der Waals surface area contributed by atoms with Crippen LogP contribution in [0.1, 0.15) is 62.2 Å². The zero-order valence-corrected chi connectivity index (χ0v) is 15.1. The largest absolute Gasteiger partial charge is 0.378 e. The van der Waals surface area contributed by atoms with Gasteiger partial charge in [-0.1, -0.05) is 0 Å². The molecule has 1 unspecified atom stereocenters. The molecule has 3 heterocycles. The summed E-state index contributed by atoms with van der Waals surface area (Å²) in [4.78, 5) is 24.6. The third kappa shape index (κ3) is 3.99. The van der Waals surface area contributed by atoms with Crippen LogP contribution in [0.15, 0.2) is 10.9 Å². The number of fused-ring (bicyclic) bond motifs is 1. The third-order valence-corrected chi connectivity index (χ3v) is 5.71. The number of carbonyl (C=O) groups is 1. The molecule has 0 radical (unpaired) electrons. The molecule has 0 bridgehead atoms. The lowest BCUT2D eigenvalue weighted by atomic mass is 9.91. The summed E-state index contributed by atoms with van der Waals surface area (Å²) < 4.78 is 12.6. The van der Waals surface area contributed by atoms with E-state index in [1.165, 1.54) is 0 Å². The van der Waals surface area contributed by atoms with Crippen molar-refractivity contribution in [2.45, 2.75) is 76.2 Å². The lowest BCUT2D eigenvalue weighted by molar-refractivity contribution is -0.124. The molecule has 26 heavy (non-hydrogen) atoms. The van der Waals surface area contributed by atoms with Crippen molar-refractivity contribution in [3.05, 3.63) is 27.7 Å². The van der Waals surface area contributed by atoms with Gasteiger partial charge in [-0.25, -0.2) is 4.68 Å². The molecule has 4 rings (SSSR count). The Labute approximate surface area is 153 Å². The van der Waals surface area contributed by atoms with Crippen LogP contribution in [0.4, 0.5) is 0 Å². The quantitative estimate of drug-likeness (QED) is 0.878. The first kappa shape index (κ1) is 17.7. The number of nitrogens with one attached hydrogen (secondary N) is 1. The van der Waals surface area contributed by atoms with E-state index in [0.717, 1.165) is 62.8 Å². The van der Waals surface area contributed by atoms with Crippen LogP contribution in [0, 0.1) is 0 Å². The van der Waals surface area contributed by atoms with Gasteiger partial charge in [0.05, 0.1) is 37.5 Å². The Bertz CT molecular complexity index is 703. The molecule has 1 amide bonds. The first-order chi connectivity index (χ1) is 12.7. The van der Waals surface area contributed by atoms with E-state index < -0.39 is 0 Å². The summed E-state index contributed by atoms with van der Waals surface area (Å²) in [7, 11) is 0. The number of nitrogens with zero attached hydrogens (tertiary/aromatic N) is 2. The summed E-state index contributed by atoms with van der Waals surface area (Å²) >= 11 is 0. The maximum Gasteiger partial charge on any atom is 0.267 e. The zero-order valence-electron chi connectivity index (χ0n) is 15.1. The van der Waals surface area contributed by atoms with E-state index in [1.54, 1.807) is 10.7 Å². The van der Waals surface area contributed by atoms with E-state index in [1.807, 2.05) is 0 Å². The third-order valence-electron chi connectivity index (χ3n) is 5.71. The Morgan fingerprint density at radius 3 is 2.85 bits per heavy atom. The smallest absolute Gasteiger partial charge is 0.267 e. The molecular weight excluding hydrogens is 334 g/mol. The summed E-state index contributed by atoms with van der Waals surface area (Å²) in [5, 5.41) is 7.75. The van der Waals surface area contributed by atoms with Crippen LogP contribution in [0.3, 0.4) is 0 Å². The highest BCUT2D eigenvalue weighted by molar-refractivity contribution is 5.76. The van der Waals surface area contributed by atoms with Crippen molar-refractivity contribution in [1.29, 1.82) is 0 Å². The highest BCUT2D eigenvalue weighted by Gasteiger charge is 2.27. The van der Waals surface area contributed by atoms with Crippen molar-refractivity contribution in [1.82, 2.24) is 15.1 Å². The van der Waals surface area contributed by atoms with Crippen LogP contribution in [-0.4, -0.2) is 41.0 Å². The molecule has 1 saturated carbocycles. The SMILES string of the molecule is O=C(CC1CCCO1)NC1CCC(n2nc3c(cc2=O)COCC3)CC1. The van der Waals surface area contributed by atoms with Crippen molar-refractivity contribution in [2.24, 2.45) is 0 Å². The Morgan fingerprint density at radius 1 is 1.23 bits per heavy atom. The number of hydrogen-bond donors (Lipinski definition) is 1. The fourth-order valence-electron chi connectivity index (χ4n) is 4.25. The molecule has 142 valence electrons. The predicted molar refractivity (Wildman–Crippen MR) is 94.9 cm³/mol. The second-order valence-electron chi connectivity index (χ2n) is 7.61.